The number of hydrogen-bond donors (Lipinski definition) is 2. The van der Waals surface area contributed by atoms with Crippen molar-refractivity contribution in [2.24, 2.45) is 0 Å². The van der Waals surface area contributed by atoms with E-state index >= 15 is 0 Å². The average molecular weight is 338 g/mol. The molecule has 0 aliphatic rings. The lowest BCUT2D eigenvalue weighted by Gasteiger charge is -2.07. The second kappa shape index (κ2) is 5.87. The van der Waals surface area contributed by atoms with Crippen LogP contribution in [0.4, 0.5) is 0 Å². The smallest absolute Gasteiger partial charge is 0.258 e. The van der Waals surface area contributed by atoms with Crippen LogP contribution in [0.2, 0.25) is 0 Å². The van der Waals surface area contributed by atoms with Crippen molar-refractivity contribution >= 4 is 44.9 Å². The van der Waals surface area contributed by atoms with Crippen molar-refractivity contribution in [3.8, 4) is 0 Å². The third-order valence-corrected chi connectivity index (χ3v) is 3.19. The molecule has 0 saturated heterocycles. The summed E-state index contributed by atoms with van der Waals surface area (Å²) >= 11 is 3.34. The van der Waals surface area contributed by atoms with E-state index in [1.165, 1.54) is 6.92 Å². The molecule has 0 saturated carbocycles. The van der Waals surface area contributed by atoms with E-state index in [4.69, 9.17) is 0 Å². The van der Waals surface area contributed by atoms with Gasteiger partial charge in [0.05, 0.1) is 0 Å². The number of hydrazine groups is 1. The molecule has 7 heteroatoms. The van der Waals surface area contributed by atoms with E-state index in [1.807, 2.05) is 18.2 Å². The molecule has 2 rings (SSSR count). The summed E-state index contributed by atoms with van der Waals surface area (Å²) < 4.78 is 2.51. The SMILES string of the molecule is CC(=O)NNC(=O)Cn1cc(C=O)c2cc(Br)ccc21. The molecule has 1 heterocycles. The standard InChI is InChI=1S/C13H12BrN3O3/c1-8(19)15-16-13(20)6-17-5-9(7-18)11-4-10(14)2-3-12(11)17/h2-5,7H,6H2,1H3,(H,15,19)(H,16,20). The molecular formula is C13H12BrN3O3. The summed E-state index contributed by atoms with van der Waals surface area (Å²) in [6.45, 7) is 1.31. The van der Waals surface area contributed by atoms with Crippen LogP contribution < -0.4 is 10.9 Å². The van der Waals surface area contributed by atoms with E-state index in [0.29, 0.717) is 5.56 Å². The van der Waals surface area contributed by atoms with Gasteiger partial charge in [0.25, 0.3) is 5.91 Å². The van der Waals surface area contributed by atoms with Gasteiger partial charge in [-0.3, -0.25) is 25.2 Å². The summed E-state index contributed by atoms with van der Waals surface area (Å²) in [5, 5.41) is 0.765. The number of rotatable bonds is 3. The number of hydrogen-bond acceptors (Lipinski definition) is 3. The molecule has 0 bridgehead atoms. The highest BCUT2D eigenvalue weighted by Crippen LogP contribution is 2.24. The molecule has 2 aromatic rings. The average Bonchev–Trinajstić information content (AvgIpc) is 2.73. The molecule has 2 amide bonds. The summed E-state index contributed by atoms with van der Waals surface area (Å²) in [5.74, 6) is -0.731. The fraction of sp³-hybridized carbons (Fsp3) is 0.154. The maximum absolute atomic E-state index is 11.7. The number of carbonyl (C=O) groups excluding carboxylic acids is 3. The lowest BCUT2D eigenvalue weighted by atomic mass is 10.2. The Bertz CT molecular complexity index is 693. The molecule has 0 aliphatic heterocycles. The van der Waals surface area contributed by atoms with Gasteiger partial charge in [0.2, 0.25) is 5.91 Å². The molecule has 0 unspecified atom stereocenters. The predicted octanol–water partition coefficient (Wildman–Crippen LogP) is 1.38. The summed E-state index contributed by atoms with van der Waals surface area (Å²) in [4.78, 5) is 33.5. The Morgan fingerprint density at radius 1 is 1.35 bits per heavy atom. The van der Waals surface area contributed by atoms with E-state index < -0.39 is 0 Å². The number of benzene rings is 1. The molecule has 1 aromatic heterocycles. The second-order valence-electron chi connectivity index (χ2n) is 4.22. The first kappa shape index (κ1) is 14.3. The van der Waals surface area contributed by atoms with Crippen molar-refractivity contribution in [2.45, 2.75) is 13.5 Å². The van der Waals surface area contributed by atoms with E-state index in [1.54, 1.807) is 10.8 Å². The van der Waals surface area contributed by atoms with Crippen LogP contribution in [-0.4, -0.2) is 22.7 Å². The Hall–Kier alpha value is -2.15. The Morgan fingerprint density at radius 2 is 2.10 bits per heavy atom. The zero-order chi connectivity index (χ0) is 14.7. The van der Waals surface area contributed by atoms with E-state index in [2.05, 4.69) is 26.8 Å². The number of nitrogens with zero attached hydrogens (tertiary/aromatic N) is 1. The fourth-order valence-electron chi connectivity index (χ4n) is 1.87. The van der Waals surface area contributed by atoms with Gasteiger partial charge in [0.1, 0.15) is 6.54 Å². The maximum atomic E-state index is 11.7. The molecule has 104 valence electrons. The van der Waals surface area contributed by atoms with Crippen molar-refractivity contribution in [1.82, 2.24) is 15.4 Å². The number of carbonyl (C=O) groups is 3. The normalized spacial score (nSPS) is 10.3. The number of halogens is 1. The third kappa shape index (κ3) is 3.05. The molecule has 20 heavy (non-hydrogen) atoms. The quantitative estimate of drug-likeness (QED) is 0.656. The van der Waals surface area contributed by atoms with Gasteiger partial charge in [-0.05, 0) is 18.2 Å². The van der Waals surface area contributed by atoms with Crippen LogP contribution >= 0.6 is 15.9 Å². The Labute approximate surface area is 123 Å². The summed E-state index contributed by atoms with van der Waals surface area (Å²) in [6.07, 6.45) is 2.36. The summed E-state index contributed by atoms with van der Waals surface area (Å²) in [7, 11) is 0. The first-order valence-corrected chi connectivity index (χ1v) is 6.59. The van der Waals surface area contributed by atoms with Crippen LogP contribution in [0.15, 0.2) is 28.9 Å². The van der Waals surface area contributed by atoms with E-state index in [0.717, 1.165) is 21.7 Å². The molecule has 0 radical (unpaired) electrons. The number of aldehydes is 1. The Kier molecular flexibility index (Phi) is 4.19. The van der Waals surface area contributed by atoms with Crippen LogP contribution in [0, 0.1) is 0 Å². The van der Waals surface area contributed by atoms with Crippen LogP contribution in [0.1, 0.15) is 17.3 Å². The van der Waals surface area contributed by atoms with Crippen molar-refractivity contribution < 1.29 is 14.4 Å². The lowest BCUT2D eigenvalue weighted by Crippen LogP contribution is -2.41. The molecule has 2 N–H and O–H groups in total. The van der Waals surface area contributed by atoms with Gasteiger partial charge >= 0.3 is 0 Å². The predicted molar refractivity (Wildman–Crippen MR) is 77.0 cm³/mol. The highest BCUT2D eigenvalue weighted by molar-refractivity contribution is 9.10. The molecule has 1 aromatic carbocycles. The minimum absolute atomic E-state index is 0.00620. The zero-order valence-corrected chi connectivity index (χ0v) is 12.2. The first-order chi connectivity index (χ1) is 9.51. The minimum atomic E-state index is -0.377. The Balaban J connectivity index is 2.28. The van der Waals surface area contributed by atoms with Crippen LogP contribution in [-0.2, 0) is 16.1 Å². The van der Waals surface area contributed by atoms with Crippen LogP contribution in [0.3, 0.4) is 0 Å². The number of aromatic nitrogens is 1. The number of nitrogens with one attached hydrogen (secondary N) is 2. The molecule has 0 spiro atoms. The van der Waals surface area contributed by atoms with Gasteiger partial charge in [0, 0.05) is 34.1 Å². The van der Waals surface area contributed by atoms with Crippen LogP contribution in [0.25, 0.3) is 10.9 Å². The highest BCUT2D eigenvalue weighted by Gasteiger charge is 2.11. The van der Waals surface area contributed by atoms with Gasteiger partial charge < -0.3 is 4.57 Å². The van der Waals surface area contributed by atoms with E-state index in [9.17, 15) is 14.4 Å². The lowest BCUT2D eigenvalue weighted by molar-refractivity contribution is -0.128. The monoisotopic (exact) mass is 337 g/mol. The van der Waals surface area contributed by atoms with Gasteiger partial charge in [-0.25, -0.2) is 0 Å². The minimum Gasteiger partial charge on any atom is -0.337 e. The summed E-state index contributed by atoms with van der Waals surface area (Å²) in [5.41, 5.74) is 5.77. The molecule has 0 aliphatic carbocycles. The van der Waals surface area contributed by atoms with Gasteiger partial charge in [-0.15, -0.1) is 0 Å². The zero-order valence-electron chi connectivity index (χ0n) is 10.6. The van der Waals surface area contributed by atoms with Crippen molar-refractivity contribution in [3.63, 3.8) is 0 Å². The van der Waals surface area contributed by atoms with Gasteiger partial charge in [-0.2, -0.15) is 0 Å². The van der Waals surface area contributed by atoms with Gasteiger partial charge in [-0.1, -0.05) is 15.9 Å². The molecular weight excluding hydrogens is 326 g/mol. The third-order valence-electron chi connectivity index (χ3n) is 2.69. The second-order valence-corrected chi connectivity index (χ2v) is 5.14. The first-order valence-electron chi connectivity index (χ1n) is 5.80. The number of fused-ring (bicyclic) bond motifs is 1. The van der Waals surface area contributed by atoms with E-state index in [-0.39, 0.29) is 18.4 Å². The van der Waals surface area contributed by atoms with Crippen LogP contribution in [0.5, 0.6) is 0 Å². The maximum Gasteiger partial charge on any atom is 0.258 e. The van der Waals surface area contributed by atoms with Gasteiger partial charge in [0.15, 0.2) is 6.29 Å². The molecule has 0 fully saturated rings. The summed E-state index contributed by atoms with van der Waals surface area (Å²) in [6, 6.07) is 5.47. The Morgan fingerprint density at radius 3 is 2.75 bits per heavy atom. The number of amides is 2. The van der Waals surface area contributed by atoms with Crippen molar-refractivity contribution in [3.05, 3.63) is 34.4 Å². The van der Waals surface area contributed by atoms with Crippen molar-refractivity contribution in [1.29, 1.82) is 0 Å². The molecule has 0 atom stereocenters. The topological polar surface area (TPSA) is 80.2 Å². The molecule has 6 nitrogen and oxygen atoms in total. The highest BCUT2D eigenvalue weighted by atomic mass is 79.9. The van der Waals surface area contributed by atoms with Crippen molar-refractivity contribution in [2.75, 3.05) is 0 Å². The largest absolute Gasteiger partial charge is 0.337 e. The fourth-order valence-corrected chi connectivity index (χ4v) is 2.23.